The molecule has 0 saturated heterocycles. The first kappa shape index (κ1) is 18.0. The number of nitrogens with zero attached hydrogens (tertiary/aromatic N) is 3. The quantitative estimate of drug-likeness (QED) is 0.555. The van der Waals surface area contributed by atoms with Crippen LogP contribution in [0.25, 0.3) is 26.9 Å². The molecule has 5 heteroatoms. The van der Waals surface area contributed by atoms with Gasteiger partial charge < -0.3 is 9.67 Å². The van der Waals surface area contributed by atoms with E-state index in [1.807, 2.05) is 19.9 Å². The Hall–Kier alpha value is -2.35. The molecule has 1 aromatic carbocycles. The Labute approximate surface area is 164 Å². The lowest BCUT2D eigenvalue weighted by Gasteiger charge is -2.28. The summed E-state index contributed by atoms with van der Waals surface area (Å²) in [5, 5.41) is 11.9. The molecule has 2 heterocycles. The van der Waals surface area contributed by atoms with Crippen LogP contribution in [-0.2, 0) is 0 Å². The van der Waals surface area contributed by atoms with Gasteiger partial charge in [-0.3, -0.25) is 4.98 Å². The van der Waals surface area contributed by atoms with Crippen LogP contribution >= 0.6 is 11.6 Å². The highest BCUT2D eigenvalue weighted by Crippen LogP contribution is 2.41. The fourth-order valence-electron chi connectivity index (χ4n) is 4.15. The Balaban J connectivity index is 1.98. The minimum atomic E-state index is -0.252. The Bertz CT molecular complexity index is 1060. The van der Waals surface area contributed by atoms with E-state index in [0.717, 1.165) is 58.8 Å². The van der Waals surface area contributed by atoms with Crippen LogP contribution in [0.1, 0.15) is 42.9 Å². The van der Waals surface area contributed by atoms with Crippen LogP contribution in [-0.4, -0.2) is 20.8 Å². The maximum Gasteiger partial charge on any atom is 0.190 e. The predicted molar refractivity (Wildman–Crippen MR) is 109 cm³/mol. The van der Waals surface area contributed by atoms with Crippen molar-refractivity contribution in [2.75, 3.05) is 0 Å². The molecule has 4 nitrogen and oxygen atoms in total. The second-order valence-corrected chi connectivity index (χ2v) is 7.89. The summed E-state index contributed by atoms with van der Waals surface area (Å²) in [6.45, 7) is 11.4. The molecule has 1 N–H and O–H groups in total. The van der Waals surface area contributed by atoms with E-state index in [-0.39, 0.29) is 12.1 Å². The molecule has 0 radical (unpaired) electrons. The number of aliphatic hydroxyl groups is 1. The fourth-order valence-corrected chi connectivity index (χ4v) is 4.35. The molecule has 0 bridgehead atoms. The molecular formula is C22H22ClN3O. The zero-order valence-corrected chi connectivity index (χ0v) is 16.3. The molecule has 27 heavy (non-hydrogen) atoms. The minimum absolute atomic E-state index is 0.250. The fraction of sp³-hybridized carbons (Fsp3) is 0.364. The number of aromatic nitrogens is 2. The van der Waals surface area contributed by atoms with Crippen LogP contribution in [0.2, 0.25) is 5.02 Å². The van der Waals surface area contributed by atoms with Gasteiger partial charge in [-0.25, -0.2) is 4.85 Å². The highest BCUT2D eigenvalue weighted by atomic mass is 35.5. The van der Waals surface area contributed by atoms with Gasteiger partial charge in [0.15, 0.2) is 5.69 Å². The molecular weight excluding hydrogens is 358 g/mol. The van der Waals surface area contributed by atoms with E-state index in [1.54, 1.807) is 12.4 Å². The summed E-state index contributed by atoms with van der Waals surface area (Å²) in [5.74, 6) is 0. The average molecular weight is 380 g/mol. The lowest BCUT2D eigenvalue weighted by atomic mass is 9.93. The number of aliphatic hydroxyl groups excluding tert-OH is 1. The smallest absolute Gasteiger partial charge is 0.190 e. The molecule has 0 amide bonds. The van der Waals surface area contributed by atoms with Crippen LogP contribution < -0.4 is 0 Å². The Morgan fingerprint density at radius 2 is 2.00 bits per heavy atom. The number of pyridine rings is 1. The summed E-state index contributed by atoms with van der Waals surface area (Å²) < 4.78 is 2.27. The number of benzene rings is 1. The zero-order chi connectivity index (χ0) is 19.1. The minimum Gasteiger partial charge on any atom is -0.393 e. The van der Waals surface area contributed by atoms with Crippen LogP contribution in [0, 0.1) is 20.4 Å². The van der Waals surface area contributed by atoms with Crippen LogP contribution in [0.5, 0.6) is 0 Å². The summed E-state index contributed by atoms with van der Waals surface area (Å²) in [6.07, 6.45) is 9.12. The van der Waals surface area contributed by atoms with Crippen LogP contribution in [0.3, 0.4) is 0 Å². The first-order valence-corrected chi connectivity index (χ1v) is 9.68. The van der Waals surface area contributed by atoms with Crippen molar-refractivity contribution in [1.29, 1.82) is 0 Å². The molecule has 4 rings (SSSR count). The molecule has 1 aliphatic carbocycles. The van der Waals surface area contributed by atoms with Crippen molar-refractivity contribution < 1.29 is 5.11 Å². The summed E-state index contributed by atoms with van der Waals surface area (Å²) in [4.78, 5) is 8.01. The Kier molecular flexibility index (Phi) is 4.67. The van der Waals surface area contributed by atoms with Gasteiger partial charge >= 0.3 is 0 Å². The summed E-state index contributed by atoms with van der Waals surface area (Å²) in [7, 11) is 0. The number of halogens is 1. The number of aryl methyl sites for hydroxylation is 2. The summed E-state index contributed by atoms with van der Waals surface area (Å²) >= 11 is 6.60. The van der Waals surface area contributed by atoms with Gasteiger partial charge in [0.2, 0.25) is 0 Å². The van der Waals surface area contributed by atoms with Crippen LogP contribution in [0.4, 0.5) is 5.69 Å². The SMILES string of the molecule is [C-]#[N+]c1cc2c(-c3cncc(C)c3Cl)cn([C@@H]3CCC[C@H](O)C3)c2cc1C. The van der Waals surface area contributed by atoms with E-state index >= 15 is 0 Å². The van der Waals surface area contributed by atoms with E-state index in [9.17, 15) is 5.11 Å². The van der Waals surface area contributed by atoms with E-state index < -0.39 is 0 Å². The second kappa shape index (κ2) is 6.99. The number of fused-ring (bicyclic) bond motifs is 1. The summed E-state index contributed by atoms with van der Waals surface area (Å²) in [5.41, 5.74) is 5.52. The molecule has 0 unspecified atom stereocenters. The van der Waals surface area contributed by atoms with E-state index in [0.29, 0.717) is 10.7 Å². The van der Waals surface area contributed by atoms with Crippen molar-refractivity contribution in [1.82, 2.24) is 9.55 Å². The van der Waals surface area contributed by atoms with Crippen molar-refractivity contribution in [3.8, 4) is 11.1 Å². The van der Waals surface area contributed by atoms with Crippen LogP contribution in [0.15, 0.2) is 30.7 Å². The maximum atomic E-state index is 10.2. The van der Waals surface area contributed by atoms with Gasteiger partial charge in [0.05, 0.1) is 17.7 Å². The van der Waals surface area contributed by atoms with Gasteiger partial charge in [-0.2, -0.15) is 0 Å². The highest BCUT2D eigenvalue weighted by Gasteiger charge is 2.25. The Morgan fingerprint density at radius 1 is 1.19 bits per heavy atom. The van der Waals surface area contributed by atoms with Gasteiger partial charge in [0, 0.05) is 41.3 Å². The van der Waals surface area contributed by atoms with Crippen molar-refractivity contribution in [3.05, 3.63) is 58.3 Å². The van der Waals surface area contributed by atoms with Gasteiger partial charge in [0.25, 0.3) is 0 Å². The summed E-state index contributed by atoms with van der Waals surface area (Å²) in [6, 6.07) is 4.30. The second-order valence-electron chi connectivity index (χ2n) is 7.51. The topological polar surface area (TPSA) is 42.4 Å². The first-order valence-electron chi connectivity index (χ1n) is 9.30. The van der Waals surface area contributed by atoms with Crippen molar-refractivity contribution >= 4 is 28.2 Å². The number of hydrogen-bond acceptors (Lipinski definition) is 2. The lowest BCUT2D eigenvalue weighted by Crippen LogP contribution is -2.21. The molecule has 0 aliphatic heterocycles. The largest absolute Gasteiger partial charge is 0.393 e. The number of hydrogen-bond donors (Lipinski definition) is 1. The standard InChI is InChI=1S/C22H22ClN3O/c1-13-7-21-17(9-20(13)24-3)19(18-11-25-10-14(2)22(18)23)12-26(21)15-5-4-6-16(27)8-15/h7,9-12,15-16,27H,4-6,8H2,1-2H3/t15-,16+/m1/s1. The van der Waals surface area contributed by atoms with Crippen molar-refractivity contribution in [2.24, 2.45) is 0 Å². The molecule has 138 valence electrons. The van der Waals surface area contributed by atoms with Gasteiger partial charge in [-0.05, 0) is 68.2 Å². The zero-order valence-electron chi connectivity index (χ0n) is 15.5. The molecule has 1 aliphatic rings. The first-order chi connectivity index (χ1) is 13.0. The van der Waals surface area contributed by atoms with E-state index in [1.165, 1.54) is 0 Å². The molecule has 3 aromatic rings. The molecule has 0 spiro atoms. The molecule has 2 aromatic heterocycles. The van der Waals surface area contributed by atoms with Gasteiger partial charge in [-0.15, -0.1) is 0 Å². The maximum absolute atomic E-state index is 10.2. The van der Waals surface area contributed by atoms with Crippen molar-refractivity contribution in [2.45, 2.75) is 51.7 Å². The van der Waals surface area contributed by atoms with Gasteiger partial charge in [-0.1, -0.05) is 11.6 Å². The number of rotatable bonds is 2. The van der Waals surface area contributed by atoms with E-state index in [2.05, 4.69) is 26.7 Å². The van der Waals surface area contributed by atoms with Gasteiger partial charge in [0.1, 0.15) is 0 Å². The predicted octanol–water partition coefficient (Wildman–Crippen LogP) is 6.00. The third kappa shape index (κ3) is 3.12. The Morgan fingerprint density at radius 3 is 2.74 bits per heavy atom. The highest BCUT2D eigenvalue weighted by molar-refractivity contribution is 6.34. The molecule has 2 atom stereocenters. The van der Waals surface area contributed by atoms with E-state index in [4.69, 9.17) is 18.2 Å². The molecule has 1 fully saturated rings. The third-order valence-electron chi connectivity index (χ3n) is 5.63. The van der Waals surface area contributed by atoms with Crippen molar-refractivity contribution in [3.63, 3.8) is 0 Å². The third-order valence-corrected chi connectivity index (χ3v) is 6.13. The lowest BCUT2D eigenvalue weighted by molar-refractivity contribution is 0.105. The monoisotopic (exact) mass is 379 g/mol. The average Bonchev–Trinajstić information content (AvgIpc) is 3.01. The molecule has 1 saturated carbocycles. The normalized spacial score (nSPS) is 20.0.